The highest BCUT2D eigenvalue weighted by Crippen LogP contribution is 2.29. The summed E-state index contributed by atoms with van der Waals surface area (Å²) in [6.45, 7) is 9.03. The van der Waals surface area contributed by atoms with Crippen molar-refractivity contribution in [1.29, 1.82) is 0 Å². The summed E-state index contributed by atoms with van der Waals surface area (Å²) in [5.74, 6) is 0.0488. The highest BCUT2D eigenvalue weighted by molar-refractivity contribution is 5.85. The lowest BCUT2D eigenvalue weighted by Gasteiger charge is -2.36. The normalized spacial score (nSPS) is 17.6. The third kappa shape index (κ3) is 4.34. The Balaban J connectivity index is 2.00. The maximum Gasteiger partial charge on any atom is 0.242 e. The van der Waals surface area contributed by atoms with Gasteiger partial charge in [0.1, 0.15) is 0 Å². The second-order valence-electron chi connectivity index (χ2n) is 7.70. The van der Waals surface area contributed by atoms with Crippen molar-refractivity contribution in [3.05, 3.63) is 35.4 Å². The molecule has 2 rings (SSSR count). The van der Waals surface area contributed by atoms with E-state index in [1.54, 1.807) is 11.9 Å². The molecule has 23 heavy (non-hydrogen) atoms. The van der Waals surface area contributed by atoms with Gasteiger partial charge in [0, 0.05) is 20.0 Å². The zero-order valence-corrected chi connectivity index (χ0v) is 14.9. The molecule has 0 saturated heterocycles. The second kappa shape index (κ2) is 6.73. The van der Waals surface area contributed by atoms with E-state index in [0.717, 1.165) is 13.0 Å². The molecule has 2 amide bonds. The van der Waals surface area contributed by atoms with Crippen molar-refractivity contribution in [2.45, 2.75) is 46.6 Å². The fourth-order valence-electron chi connectivity index (χ4n) is 3.08. The Labute approximate surface area is 139 Å². The molecule has 1 aromatic carbocycles. The molecule has 1 aromatic rings. The molecule has 0 spiro atoms. The summed E-state index contributed by atoms with van der Waals surface area (Å²) < 4.78 is 0. The first-order valence-electron chi connectivity index (χ1n) is 8.30. The fraction of sp³-hybridized carbons (Fsp3) is 0.579. The standard InChI is InChI=1S/C19H28N2O2/c1-14-16-9-7-6-8-15(16)10-11-21(14)18(23)13-20(5)17(22)12-19(2,3)4/h6-9,14H,10-13H2,1-5H3. The van der Waals surface area contributed by atoms with Crippen molar-refractivity contribution in [3.63, 3.8) is 0 Å². The zero-order valence-electron chi connectivity index (χ0n) is 14.9. The van der Waals surface area contributed by atoms with Crippen LogP contribution >= 0.6 is 0 Å². The lowest BCUT2D eigenvalue weighted by molar-refractivity contribution is -0.141. The van der Waals surface area contributed by atoms with Gasteiger partial charge in [-0.3, -0.25) is 9.59 Å². The smallest absolute Gasteiger partial charge is 0.242 e. The van der Waals surface area contributed by atoms with Gasteiger partial charge in [0.05, 0.1) is 12.6 Å². The van der Waals surface area contributed by atoms with E-state index in [2.05, 4.69) is 19.1 Å². The van der Waals surface area contributed by atoms with Crippen LogP contribution in [-0.4, -0.2) is 41.8 Å². The number of benzene rings is 1. The van der Waals surface area contributed by atoms with Crippen LogP contribution in [-0.2, 0) is 16.0 Å². The molecule has 4 nitrogen and oxygen atoms in total. The number of carbonyl (C=O) groups is 2. The fourth-order valence-corrected chi connectivity index (χ4v) is 3.08. The molecule has 1 unspecified atom stereocenters. The van der Waals surface area contributed by atoms with Crippen LogP contribution in [0.1, 0.15) is 51.3 Å². The van der Waals surface area contributed by atoms with Gasteiger partial charge in [-0.15, -0.1) is 0 Å². The van der Waals surface area contributed by atoms with Crippen LogP contribution in [0.15, 0.2) is 24.3 Å². The summed E-state index contributed by atoms with van der Waals surface area (Å²) in [5.41, 5.74) is 2.48. The molecule has 4 heteroatoms. The van der Waals surface area contributed by atoms with E-state index in [4.69, 9.17) is 0 Å². The molecule has 1 heterocycles. The highest BCUT2D eigenvalue weighted by atomic mass is 16.2. The quantitative estimate of drug-likeness (QED) is 0.860. The Bertz CT molecular complexity index is 589. The van der Waals surface area contributed by atoms with Crippen molar-refractivity contribution < 1.29 is 9.59 Å². The topological polar surface area (TPSA) is 40.6 Å². The zero-order chi connectivity index (χ0) is 17.2. The van der Waals surface area contributed by atoms with Gasteiger partial charge in [0.2, 0.25) is 11.8 Å². The summed E-state index contributed by atoms with van der Waals surface area (Å²) in [4.78, 5) is 28.3. The first-order valence-corrected chi connectivity index (χ1v) is 8.30. The number of hydrogen-bond acceptors (Lipinski definition) is 2. The van der Waals surface area contributed by atoms with Gasteiger partial charge in [0.15, 0.2) is 0 Å². The van der Waals surface area contributed by atoms with E-state index in [1.165, 1.54) is 11.1 Å². The molecule has 1 atom stereocenters. The average molecular weight is 316 g/mol. The van der Waals surface area contributed by atoms with Crippen LogP contribution in [0, 0.1) is 5.41 Å². The molecule has 1 aliphatic rings. The number of nitrogens with zero attached hydrogens (tertiary/aromatic N) is 2. The Kier molecular flexibility index (Phi) is 5.12. The first-order chi connectivity index (χ1) is 10.7. The van der Waals surface area contributed by atoms with Gasteiger partial charge in [-0.2, -0.15) is 0 Å². The number of carbonyl (C=O) groups excluding carboxylic acids is 2. The van der Waals surface area contributed by atoms with Crippen LogP contribution in [0.4, 0.5) is 0 Å². The highest BCUT2D eigenvalue weighted by Gasteiger charge is 2.29. The van der Waals surface area contributed by atoms with Crippen LogP contribution in [0.3, 0.4) is 0 Å². The van der Waals surface area contributed by atoms with Crippen LogP contribution in [0.5, 0.6) is 0 Å². The minimum Gasteiger partial charge on any atom is -0.336 e. The molecule has 126 valence electrons. The van der Waals surface area contributed by atoms with Crippen molar-refractivity contribution in [2.75, 3.05) is 20.1 Å². The Hall–Kier alpha value is -1.84. The molecule has 0 saturated carbocycles. The monoisotopic (exact) mass is 316 g/mol. The average Bonchev–Trinajstić information content (AvgIpc) is 2.46. The lowest BCUT2D eigenvalue weighted by Crippen LogP contribution is -2.45. The van der Waals surface area contributed by atoms with Gasteiger partial charge >= 0.3 is 0 Å². The van der Waals surface area contributed by atoms with E-state index < -0.39 is 0 Å². The molecular weight excluding hydrogens is 288 g/mol. The number of likely N-dealkylation sites (N-methyl/N-ethyl adjacent to an activating group) is 1. The minimum absolute atomic E-state index is 0.0240. The van der Waals surface area contributed by atoms with Gasteiger partial charge in [-0.05, 0) is 29.9 Å². The minimum atomic E-state index is -0.0637. The van der Waals surface area contributed by atoms with E-state index in [9.17, 15) is 9.59 Å². The second-order valence-corrected chi connectivity index (χ2v) is 7.70. The predicted molar refractivity (Wildman–Crippen MR) is 92.0 cm³/mol. The van der Waals surface area contributed by atoms with Crippen molar-refractivity contribution >= 4 is 11.8 Å². The molecular formula is C19H28N2O2. The summed E-state index contributed by atoms with van der Waals surface area (Å²) in [7, 11) is 1.72. The molecule has 0 aromatic heterocycles. The third-order valence-corrected chi connectivity index (χ3v) is 4.39. The van der Waals surface area contributed by atoms with Crippen molar-refractivity contribution in [2.24, 2.45) is 5.41 Å². The number of amides is 2. The molecule has 0 bridgehead atoms. The summed E-state index contributed by atoms with van der Waals surface area (Å²) in [6.07, 6.45) is 1.33. The van der Waals surface area contributed by atoms with Crippen molar-refractivity contribution in [1.82, 2.24) is 9.80 Å². The van der Waals surface area contributed by atoms with E-state index >= 15 is 0 Å². The maximum absolute atomic E-state index is 12.6. The summed E-state index contributed by atoms with van der Waals surface area (Å²) >= 11 is 0. The van der Waals surface area contributed by atoms with Crippen molar-refractivity contribution in [3.8, 4) is 0 Å². The maximum atomic E-state index is 12.6. The van der Waals surface area contributed by atoms with Crippen LogP contribution in [0.25, 0.3) is 0 Å². The molecule has 0 fully saturated rings. The van der Waals surface area contributed by atoms with E-state index in [0.29, 0.717) is 6.42 Å². The molecule has 0 radical (unpaired) electrons. The summed E-state index contributed by atoms with van der Waals surface area (Å²) in [5, 5.41) is 0. The van der Waals surface area contributed by atoms with Gasteiger partial charge < -0.3 is 9.80 Å². The summed E-state index contributed by atoms with van der Waals surface area (Å²) in [6, 6.07) is 8.35. The lowest BCUT2D eigenvalue weighted by atomic mass is 9.91. The molecule has 1 aliphatic heterocycles. The SMILES string of the molecule is CC1c2ccccc2CCN1C(=O)CN(C)C(=O)CC(C)(C)C. The number of fused-ring (bicyclic) bond motifs is 1. The number of hydrogen-bond donors (Lipinski definition) is 0. The Morgan fingerprint density at radius 3 is 2.57 bits per heavy atom. The number of rotatable bonds is 3. The van der Waals surface area contributed by atoms with Gasteiger partial charge in [-0.1, -0.05) is 45.0 Å². The Morgan fingerprint density at radius 2 is 1.91 bits per heavy atom. The van der Waals surface area contributed by atoms with E-state index in [1.807, 2.05) is 37.8 Å². The Morgan fingerprint density at radius 1 is 1.26 bits per heavy atom. The predicted octanol–water partition coefficient (Wildman–Crippen LogP) is 3.03. The third-order valence-electron chi connectivity index (χ3n) is 4.39. The largest absolute Gasteiger partial charge is 0.336 e. The molecule has 0 aliphatic carbocycles. The van der Waals surface area contributed by atoms with E-state index in [-0.39, 0.29) is 29.8 Å². The van der Waals surface area contributed by atoms with Crippen LogP contribution < -0.4 is 0 Å². The molecule has 0 N–H and O–H groups in total. The first kappa shape index (κ1) is 17.5. The van der Waals surface area contributed by atoms with Gasteiger partial charge in [-0.25, -0.2) is 0 Å². The van der Waals surface area contributed by atoms with Gasteiger partial charge in [0.25, 0.3) is 0 Å². The van der Waals surface area contributed by atoms with Crippen LogP contribution in [0.2, 0.25) is 0 Å².